The molecule has 1 nitrogen and oxygen atoms in total. The van der Waals surface area contributed by atoms with Gasteiger partial charge in [0.1, 0.15) is 0 Å². The van der Waals surface area contributed by atoms with Gasteiger partial charge in [-0.3, -0.25) is 4.79 Å². The second kappa shape index (κ2) is 13.0. The number of rotatable bonds is 15. The number of ketones is 1. The van der Waals surface area contributed by atoms with Crippen LogP contribution in [0.3, 0.4) is 0 Å². The Morgan fingerprint density at radius 2 is 1.40 bits per heavy atom. The number of thiophene rings is 2. The van der Waals surface area contributed by atoms with Crippen molar-refractivity contribution < 1.29 is 4.79 Å². The largest absolute Gasteiger partial charge is 0.294 e. The van der Waals surface area contributed by atoms with Crippen molar-refractivity contribution in [3.63, 3.8) is 0 Å². The molecule has 0 aliphatic rings. The summed E-state index contributed by atoms with van der Waals surface area (Å²) in [6, 6.07) is 13.5. The standard InChI is InChI=1S/C32H42OS2/c1-4-6-7-8-9-10-11-12-16-28(33)25-18-20-27-30(22-25)35-31-26-19-17-24(15-13-14-23(3)5-2)21-29(26)34-32(27)31/h17-23H,4-16H2,1-3H3/t23-/m0/s1. The first-order valence-electron chi connectivity index (χ1n) is 14.0. The Kier molecular flexibility index (Phi) is 9.80. The summed E-state index contributed by atoms with van der Waals surface area (Å²) >= 11 is 3.78. The Morgan fingerprint density at radius 3 is 2.09 bits per heavy atom. The van der Waals surface area contributed by atoms with E-state index < -0.39 is 0 Å². The molecule has 4 rings (SSSR count). The monoisotopic (exact) mass is 506 g/mol. The van der Waals surface area contributed by atoms with Crippen molar-refractivity contribution in [1.82, 2.24) is 0 Å². The molecule has 1 atom stereocenters. The second-order valence-corrected chi connectivity index (χ2v) is 12.6. The quantitative estimate of drug-likeness (QED) is 0.116. The lowest BCUT2D eigenvalue weighted by Crippen LogP contribution is -1.98. The summed E-state index contributed by atoms with van der Waals surface area (Å²) in [5.41, 5.74) is 2.36. The van der Waals surface area contributed by atoms with Crippen LogP contribution in [0.25, 0.3) is 29.6 Å². The Balaban J connectivity index is 1.38. The fourth-order valence-corrected chi connectivity index (χ4v) is 7.81. The Hall–Kier alpha value is -1.71. The average Bonchev–Trinajstić information content (AvgIpc) is 3.40. The fourth-order valence-electron chi connectivity index (χ4n) is 5.05. The van der Waals surface area contributed by atoms with Gasteiger partial charge in [-0.2, -0.15) is 0 Å². The highest BCUT2D eigenvalue weighted by Crippen LogP contribution is 2.44. The van der Waals surface area contributed by atoms with E-state index >= 15 is 0 Å². The van der Waals surface area contributed by atoms with Crippen LogP contribution in [0.5, 0.6) is 0 Å². The van der Waals surface area contributed by atoms with Gasteiger partial charge in [0, 0.05) is 32.2 Å². The van der Waals surface area contributed by atoms with Gasteiger partial charge in [-0.25, -0.2) is 0 Å². The molecule has 0 saturated heterocycles. The van der Waals surface area contributed by atoms with Crippen LogP contribution < -0.4 is 0 Å². The Morgan fingerprint density at radius 1 is 0.771 bits per heavy atom. The van der Waals surface area contributed by atoms with Gasteiger partial charge in [-0.15, -0.1) is 22.7 Å². The molecule has 0 bridgehead atoms. The van der Waals surface area contributed by atoms with Crippen LogP contribution in [0, 0.1) is 5.92 Å². The van der Waals surface area contributed by atoms with Crippen molar-refractivity contribution >= 4 is 58.0 Å². The van der Waals surface area contributed by atoms with Crippen molar-refractivity contribution in [3.05, 3.63) is 47.5 Å². The van der Waals surface area contributed by atoms with Crippen LogP contribution in [0.4, 0.5) is 0 Å². The highest BCUT2D eigenvalue weighted by molar-refractivity contribution is 7.36. The molecule has 3 heteroatoms. The molecule has 2 heterocycles. The maximum absolute atomic E-state index is 12.8. The van der Waals surface area contributed by atoms with Gasteiger partial charge in [0.25, 0.3) is 0 Å². The summed E-state index contributed by atoms with van der Waals surface area (Å²) in [4.78, 5) is 12.8. The summed E-state index contributed by atoms with van der Waals surface area (Å²) < 4.78 is 5.44. The van der Waals surface area contributed by atoms with Gasteiger partial charge in [0.15, 0.2) is 5.78 Å². The molecule has 35 heavy (non-hydrogen) atoms. The molecule has 0 spiro atoms. The molecule has 0 radical (unpaired) electrons. The number of fused-ring (bicyclic) bond motifs is 5. The van der Waals surface area contributed by atoms with E-state index in [0.29, 0.717) is 12.2 Å². The number of carbonyl (C=O) groups is 1. The first-order chi connectivity index (χ1) is 17.1. The van der Waals surface area contributed by atoms with Gasteiger partial charge >= 0.3 is 0 Å². The lowest BCUT2D eigenvalue weighted by atomic mass is 9.99. The van der Waals surface area contributed by atoms with Crippen LogP contribution in [-0.2, 0) is 6.42 Å². The zero-order chi connectivity index (χ0) is 24.6. The van der Waals surface area contributed by atoms with Crippen molar-refractivity contribution in [2.75, 3.05) is 0 Å². The minimum absolute atomic E-state index is 0.307. The normalized spacial score (nSPS) is 12.8. The molecule has 2 aromatic carbocycles. The van der Waals surface area contributed by atoms with E-state index in [4.69, 9.17) is 0 Å². The molecule has 2 aromatic heterocycles. The van der Waals surface area contributed by atoms with Crippen molar-refractivity contribution in [3.8, 4) is 0 Å². The minimum Gasteiger partial charge on any atom is -0.294 e. The fraction of sp³-hybridized carbons (Fsp3) is 0.531. The minimum atomic E-state index is 0.307. The Bertz CT molecular complexity index is 1240. The number of benzene rings is 2. The summed E-state index contributed by atoms with van der Waals surface area (Å²) in [5.74, 6) is 1.13. The SMILES string of the molecule is CCCCCCCCCCC(=O)c1ccc2c(c1)sc1c3ccc(CCC[C@@H](C)CC)cc3sc21. The van der Waals surface area contributed by atoms with E-state index in [2.05, 4.69) is 57.2 Å². The molecule has 0 amide bonds. The number of Topliss-reactive ketones (excluding diaryl/α,β-unsaturated/α-hetero) is 1. The molecule has 4 aromatic rings. The van der Waals surface area contributed by atoms with Crippen LogP contribution in [0.2, 0.25) is 0 Å². The maximum Gasteiger partial charge on any atom is 0.162 e. The van der Waals surface area contributed by atoms with Gasteiger partial charge in [0.05, 0.1) is 9.40 Å². The van der Waals surface area contributed by atoms with Crippen LogP contribution in [0.15, 0.2) is 36.4 Å². The molecule has 188 valence electrons. The van der Waals surface area contributed by atoms with E-state index in [1.54, 1.807) is 0 Å². The highest BCUT2D eigenvalue weighted by Gasteiger charge is 2.15. The molecule has 0 aliphatic heterocycles. The van der Waals surface area contributed by atoms with E-state index in [-0.39, 0.29) is 0 Å². The molecule has 0 unspecified atom stereocenters. The molecular formula is C32H42OS2. The van der Waals surface area contributed by atoms with Crippen LogP contribution in [0.1, 0.15) is 114 Å². The molecule has 0 N–H and O–H groups in total. The van der Waals surface area contributed by atoms with Gasteiger partial charge in [-0.05, 0) is 42.9 Å². The van der Waals surface area contributed by atoms with Crippen molar-refractivity contribution in [2.24, 2.45) is 5.92 Å². The lowest BCUT2D eigenvalue weighted by molar-refractivity contribution is 0.0979. The predicted octanol–water partition coefficient (Wildman–Crippen LogP) is 11.4. The van der Waals surface area contributed by atoms with E-state index in [1.807, 2.05) is 22.7 Å². The average molecular weight is 507 g/mol. The summed E-state index contributed by atoms with van der Waals surface area (Å²) in [5, 5.41) is 2.69. The summed E-state index contributed by atoms with van der Waals surface area (Å²) in [6.07, 6.45) is 15.9. The topological polar surface area (TPSA) is 17.1 Å². The molecular weight excluding hydrogens is 464 g/mol. The highest BCUT2D eigenvalue weighted by atomic mass is 32.1. The first-order valence-corrected chi connectivity index (χ1v) is 15.6. The molecule has 0 aliphatic carbocycles. The van der Waals surface area contributed by atoms with E-state index in [0.717, 1.165) is 17.9 Å². The summed E-state index contributed by atoms with van der Waals surface area (Å²) in [7, 11) is 0. The predicted molar refractivity (Wildman–Crippen MR) is 159 cm³/mol. The smallest absolute Gasteiger partial charge is 0.162 e. The number of carbonyl (C=O) groups excluding carboxylic acids is 1. The third kappa shape index (κ3) is 6.74. The zero-order valence-corrected chi connectivity index (χ0v) is 23.6. The van der Waals surface area contributed by atoms with Crippen LogP contribution >= 0.6 is 22.7 Å². The van der Waals surface area contributed by atoms with Gasteiger partial charge < -0.3 is 0 Å². The maximum atomic E-state index is 12.8. The number of hydrogen-bond donors (Lipinski definition) is 0. The van der Waals surface area contributed by atoms with Crippen molar-refractivity contribution in [1.29, 1.82) is 0 Å². The lowest BCUT2D eigenvalue weighted by Gasteiger charge is -2.07. The number of hydrogen-bond acceptors (Lipinski definition) is 3. The summed E-state index contributed by atoms with van der Waals surface area (Å²) in [6.45, 7) is 6.91. The van der Waals surface area contributed by atoms with Crippen LogP contribution in [-0.4, -0.2) is 5.78 Å². The van der Waals surface area contributed by atoms with E-state index in [9.17, 15) is 4.79 Å². The third-order valence-electron chi connectivity index (χ3n) is 7.59. The number of unbranched alkanes of at least 4 members (excludes halogenated alkanes) is 7. The first kappa shape index (κ1) is 26.4. The number of aryl methyl sites for hydroxylation is 1. The zero-order valence-electron chi connectivity index (χ0n) is 22.0. The van der Waals surface area contributed by atoms with Crippen molar-refractivity contribution in [2.45, 2.75) is 104 Å². The third-order valence-corrected chi connectivity index (χ3v) is 10.1. The van der Waals surface area contributed by atoms with E-state index in [1.165, 1.54) is 106 Å². The molecule has 0 saturated carbocycles. The van der Waals surface area contributed by atoms with Gasteiger partial charge in [-0.1, -0.05) is 103 Å². The molecule has 0 fully saturated rings. The van der Waals surface area contributed by atoms with Gasteiger partial charge in [0.2, 0.25) is 0 Å². The Labute approximate surface area is 219 Å². The second-order valence-electron chi connectivity index (χ2n) is 10.5.